The molecule has 1 aromatic rings. The highest BCUT2D eigenvalue weighted by Crippen LogP contribution is 2.22. The lowest BCUT2D eigenvalue weighted by molar-refractivity contribution is 0.741. The summed E-state index contributed by atoms with van der Waals surface area (Å²) in [5, 5.41) is 0. The topological polar surface area (TPSA) is 38.2 Å². The third-order valence-corrected chi connectivity index (χ3v) is 2.98. The van der Waals surface area contributed by atoms with E-state index in [4.69, 9.17) is 0 Å². The minimum Gasteiger partial charge on any atom is -0.368 e. The lowest BCUT2D eigenvalue weighted by Crippen LogP contribution is -2.25. The second kappa shape index (κ2) is 9.72. The van der Waals surface area contributed by atoms with Crippen molar-refractivity contribution in [1.29, 1.82) is 0 Å². The van der Waals surface area contributed by atoms with Crippen molar-refractivity contribution >= 4 is 5.69 Å². The lowest BCUT2D eigenvalue weighted by Gasteiger charge is -2.25. The van der Waals surface area contributed by atoms with Gasteiger partial charge in [-0.1, -0.05) is 51.0 Å². The summed E-state index contributed by atoms with van der Waals surface area (Å²) >= 11 is 0. The van der Waals surface area contributed by atoms with E-state index >= 15 is 0 Å². The fraction of sp³-hybridized carbons (Fsp3) is 0.500. The molecular weight excluding hydrogens is 220 g/mol. The molecule has 3 N–H and O–H groups in total. The first-order valence-electron chi connectivity index (χ1n) is 6.77. The van der Waals surface area contributed by atoms with Gasteiger partial charge in [0.15, 0.2) is 0 Å². The van der Waals surface area contributed by atoms with Gasteiger partial charge in [-0.05, 0) is 24.5 Å². The van der Waals surface area contributed by atoms with Gasteiger partial charge in [0.1, 0.15) is 0 Å². The third kappa shape index (κ3) is 4.92. The summed E-state index contributed by atoms with van der Waals surface area (Å²) in [7, 11) is 0. The number of anilines is 1. The standard InChI is InChI=1S/C16H25N.H3N/c1-4-7-14-17(13-6-3)16-12-9-8-11-15(16)10-5-2;/h6,8-9,11-12H,3-5,7,10,13-14H2,1-2H3;1H3. The molecule has 1 aromatic carbocycles. The summed E-state index contributed by atoms with van der Waals surface area (Å²) in [5.41, 5.74) is 2.86. The van der Waals surface area contributed by atoms with E-state index in [0.717, 1.165) is 19.5 Å². The van der Waals surface area contributed by atoms with Crippen molar-refractivity contribution in [3.05, 3.63) is 42.5 Å². The second-order valence-electron chi connectivity index (χ2n) is 4.47. The SMILES string of the molecule is C=CCN(CCCC)c1ccccc1CCC.N. The molecular formula is C16H28N2. The molecule has 0 bridgehead atoms. The van der Waals surface area contributed by atoms with Crippen LogP contribution in [0.3, 0.4) is 0 Å². The molecule has 1 rings (SSSR count). The average molecular weight is 248 g/mol. The molecule has 0 amide bonds. The van der Waals surface area contributed by atoms with Crippen LogP contribution in [-0.2, 0) is 6.42 Å². The molecule has 2 nitrogen and oxygen atoms in total. The van der Waals surface area contributed by atoms with Gasteiger partial charge in [0.25, 0.3) is 0 Å². The van der Waals surface area contributed by atoms with Gasteiger partial charge in [0, 0.05) is 18.8 Å². The maximum absolute atomic E-state index is 3.87. The Kier molecular flexibility index (Phi) is 9.03. The third-order valence-electron chi connectivity index (χ3n) is 2.98. The molecule has 0 saturated heterocycles. The smallest absolute Gasteiger partial charge is 0.0401 e. The van der Waals surface area contributed by atoms with Crippen molar-refractivity contribution in [3.63, 3.8) is 0 Å². The number of rotatable bonds is 8. The molecule has 0 atom stereocenters. The Bertz CT molecular complexity index is 334. The number of hydrogen-bond donors (Lipinski definition) is 1. The van der Waals surface area contributed by atoms with Crippen molar-refractivity contribution in [2.45, 2.75) is 39.5 Å². The van der Waals surface area contributed by atoms with Gasteiger partial charge < -0.3 is 11.1 Å². The number of benzene rings is 1. The maximum atomic E-state index is 3.87. The Balaban J connectivity index is 0.00000289. The number of unbranched alkanes of at least 4 members (excludes halogenated alkanes) is 1. The van der Waals surface area contributed by atoms with E-state index in [1.54, 1.807) is 0 Å². The van der Waals surface area contributed by atoms with Gasteiger partial charge in [0.05, 0.1) is 0 Å². The van der Waals surface area contributed by atoms with Gasteiger partial charge in [-0.3, -0.25) is 0 Å². The molecule has 0 spiro atoms. The Hall–Kier alpha value is -1.28. The Morgan fingerprint density at radius 3 is 2.50 bits per heavy atom. The van der Waals surface area contributed by atoms with Crippen molar-refractivity contribution < 1.29 is 0 Å². The lowest BCUT2D eigenvalue weighted by atomic mass is 10.1. The van der Waals surface area contributed by atoms with Crippen molar-refractivity contribution in [2.75, 3.05) is 18.0 Å². The molecule has 0 aliphatic heterocycles. The highest BCUT2D eigenvalue weighted by atomic mass is 15.1. The molecule has 0 saturated carbocycles. The highest BCUT2D eigenvalue weighted by Gasteiger charge is 2.08. The maximum Gasteiger partial charge on any atom is 0.0401 e. The number of nitrogens with zero attached hydrogens (tertiary/aromatic N) is 1. The number of aryl methyl sites for hydroxylation is 1. The summed E-state index contributed by atoms with van der Waals surface area (Å²) in [5.74, 6) is 0. The van der Waals surface area contributed by atoms with Gasteiger partial charge >= 0.3 is 0 Å². The van der Waals surface area contributed by atoms with E-state index in [1.165, 1.54) is 30.5 Å². The monoisotopic (exact) mass is 248 g/mol. The quantitative estimate of drug-likeness (QED) is 0.683. The van der Waals surface area contributed by atoms with Crippen LogP contribution in [0.2, 0.25) is 0 Å². The van der Waals surface area contributed by atoms with Crippen LogP contribution >= 0.6 is 0 Å². The van der Waals surface area contributed by atoms with E-state index in [-0.39, 0.29) is 6.15 Å². The molecule has 102 valence electrons. The van der Waals surface area contributed by atoms with E-state index in [1.807, 2.05) is 6.08 Å². The van der Waals surface area contributed by atoms with Crippen molar-refractivity contribution in [1.82, 2.24) is 6.15 Å². The zero-order valence-corrected chi connectivity index (χ0v) is 12.0. The fourth-order valence-corrected chi connectivity index (χ4v) is 2.11. The van der Waals surface area contributed by atoms with E-state index in [9.17, 15) is 0 Å². The first kappa shape index (κ1) is 16.7. The minimum atomic E-state index is 0. The van der Waals surface area contributed by atoms with E-state index in [2.05, 4.69) is 49.6 Å². The second-order valence-corrected chi connectivity index (χ2v) is 4.47. The van der Waals surface area contributed by atoms with E-state index in [0.29, 0.717) is 0 Å². The zero-order chi connectivity index (χ0) is 12.5. The molecule has 0 aliphatic rings. The predicted molar refractivity (Wildman–Crippen MR) is 82.8 cm³/mol. The van der Waals surface area contributed by atoms with Gasteiger partial charge in [-0.25, -0.2) is 0 Å². The van der Waals surface area contributed by atoms with Crippen LogP contribution in [-0.4, -0.2) is 13.1 Å². The van der Waals surface area contributed by atoms with Gasteiger partial charge in [-0.15, -0.1) is 6.58 Å². The first-order valence-corrected chi connectivity index (χ1v) is 6.77. The summed E-state index contributed by atoms with van der Waals surface area (Å²) in [6.45, 7) is 10.4. The van der Waals surface area contributed by atoms with Crippen LogP contribution in [0.5, 0.6) is 0 Å². The van der Waals surface area contributed by atoms with Crippen molar-refractivity contribution in [2.24, 2.45) is 0 Å². The largest absolute Gasteiger partial charge is 0.368 e. The molecule has 18 heavy (non-hydrogen) atoms. The summed E-state index contributed by atoms with van der Waals surface area (Å²) in [6, 6.07) is 8.77. The van der Waals surface area contributed by atoms with Crippen LogP contribution in [0.15, 0.2) is 36.9 Å². The van der Waals surface area contributed by atoms with Crippen LogP contribution in [0.4, 0.5) is 5.69 Å². The zero-order valence-electron chi connectivity index (χ0n) is 12.0. The summed E-state index contributed by atoms with van der Waals surface area (Å²) in [6.07, 6.45) is 6.85. The highest BCUT2D eigenvalue weighted by molar-refractivity contribution is 5.54. The van der Waals surface area contributed by atoms with Gasteiger partial charge in [0.2, 0.25) is 0 Å². The molecule has 0 aliphatic carbocycles. The average Bonchev–Trinajstić information content (AvgIpc) is 2.36. The molecule has 2 heteroatoms. The number of para-hydroxylation sites is 1. The Labute approximate surface area is 112 Å². The summed E-state index contributed by atoms with van der Waals surface area (Å²) in [4.78, 5) is 2.45. The fourth-order valence-electron chi connectivity index (χ4n) is 2.11. The molecule has 0 aromatic heterocycles. The molecule has 0 fully saturated rings. The normalized spacial score (nSPS) is 9.67. The Morgan fingerprint density at radius 1 is 1.17 bits per heavy atom. The van der Waals surface area contributed by atoms with Crippen LogP contribution in [0.1, 0.15) is 38.7 Å². The summed E-state index contributed by atoms with van der Waals surface area (Å²) < 4.78 is 0. The van der Waals surface area contributed by atoms with Crippen LogP contribution < -0.4 is 11.1 Å². The minimum absolute atomic E-state index is 0. The Morgan fingerprint density at radius 2 is 1.89 bits per heavy atom. The van der Waals surface area contributed by atoms with Gasteiger partial charge in [-0.2, -0.15) is 0 Å². The first-order chi connectivity index (χ1) is 8.33. The number of hydrogen-bond acceptors (Lipinski definition) is 2. The molecule has 0 radical (unpaired) electrons. The molecule has 0 unspecified atom stereocenters. The van der Waals surface area contributed by atoms with Crippen molar-refractivity contribution in [3.8, 4) is 0 Å². The van der Waals surface area contributed by atoms with E-state index < -0.39 is 0 Å². The van der Waals surface area contributed by atoms with Crippen LogP contribution in [0, 0.1) is 0 Å². The predicted octanol–water partition coefficient (Wildman–Crippen LogP) is 4.59. The molecule has 0 heterocycles. The van der Waals surface area contributed by atoms with Crippen LogP contribution in [0.25, 0.3) is 0 Å².